The number of alkyl carbamates (subject to hydrolysis) is 1. The zero-order chi connectivity index (χ0) is 12.6. The number of cyclic esters (lactones) is 1. The molecule has 5 heteroatoms. The van der Waals surface area contributed by atoms with Crippen LogP contribution < -0.4 is 10.2 Å². The van der Waals surface area contributed by atoms with Crippen LogP contribution in [0.25, 0.3) is 0 Å². The second kappa shape index (κ2) is 3.76. The Morgan fingerprint density at radius 1 is 1.18 bits per heavy atom. The molecule has 0 spiro atoms. The number of amides is 2. The van der Waals surface area contributed by atoms with E-state index in [1.807, 2.05) is 31.1 Å². The Balaban J connectivity index is 2.34. The van der Waals surface area contributed by atoms with E-state index in [0.29, 0.717) is 5.56 Å². The molecule has 1 aliphatic rings. The highest BCUT2D eigenvalue weighted by atomic mass is 16.6. The van der Waals surface area contributed by atoms with Crippen molar-refractivity contribution < 1.29 is 14.3 Å². The van der Waals surface area contributed by atoms with E-state index in [4.69, 9.17) is 4.74 Å². The summed E-state index contributed by atoms with van der Waals surface area (Å²) in [6, 6.07) is 7.32. The van der Waals surface area contributed by atoms with Crippen molar-refractivity contribution in [3.05, 3.63) is 29.8 Å². The summed E-state index contributed by atoms with van der Waals surface area (Å²) in [5.41, 5.74) is 0.454. The summed E-state index contributed by atoms with van der Waals surface area (Å²) in [6.07, 6.45) is -0.700. The fourth-order valence-electron chi connectivity index (χ4n) is 1.74. The number of nitrogens with zero attached hydrogens (tertiary/aromatic N) is 1. The van der Waals surface area contributed by atoms with Crippen LogP contribution >= 0.6 is 0 Å². The molecule has 1 atom stereocenters. The molecule has 1 heterocycles. The van der Waals surface area contributed by atoms with Gasteiger partial charge in [-0.15, -0.1) is 0 Å². The molecular weight excluding hydrogens is 220 g/mol. The van der Waals surface area contributed by atoms with Gasteiger partial charge in [-0.05, 0) is 19.1 Å². The van der Waals surface area contributed by atoms with Crippen LogP contribution in [0.3, 0.4) is 0 Å². The highest BCUT2D eigenvalue weighted by Gasteiger charge is 2.46. The quantitative estimate of drug-likeness (QED) is 0.836. The molecule has 1 aliphatic heterocycles. The number of hydrogen-bond donors (Lipinski definition) is 1. The van der Waals surface area contributed by atoms with Gasteiger partial charge >= 0.3 is 6.09 Å². The van der Waals surface area contributed by atoms with Crippen LogP contribution in [0.1, 0.15) is 12.5 Å². The molecule has 2 amide bonds. The molecule has 90 valence electrons. The standard InChI is InChI=1S/C12H14N2O3/c1-12(10(15)13-11(16)17-12)8-4-6-9(7-5-8)14(2)3/h4-7H,1-3H3,(H,13,15,16). The van der Waals surface area contributed by atoms with E-state index in [9.17, 15) is 9.59 Å². The van der Waals surface area contributed by atoms with Crippen LogP contribution in [0.4, 0.5) is 10.5 Å². The van der Waals surface area contributed by atoms with Crippen molar-refractivity contribution in [3.63, 3.8) is 0 Å². The van der Waals surface area contributed by atoms with Crippen LogP contribution in [-0.4, -0.2) is 26.1 Å². The third-order valence-electron chi connectivity index (χ3n) is 2.88. The molecule has 1 unspecified atom stereocenters. The van der Waals surface area contributed by atoms with Gasteiger partial charge in [0.2, 0.25) is 5.60 Å². The Morgan fingerprint density at radius 2 is 1.76 bits per heavy atom. The molecule has 1 aromatic carbocycles. The Morgan fingerprint density at radius 3 is 2.18 bits per heavy atom. The minimum absolute atomic E-state index is 0.430. The molecule has 2 rings (SSSR count). The number of ether oxygens (including phenoxy) is 1. The normalized spacial score (nSPS) is 23.2. The second-order valence-electron chi connectivity index (χ2n) is 4.32. The number of anilines is 1. The molecule has 0 aromatic heterocycles. The first kappa shape index (κ1) is 11.4. The van der Waals surface area contributed by atoms with E-state index in [2.05, 4.69) is 5.32 Å². The van der Waals surface area contributed by atoms with Crippen molar-refractivity contribution in [2.75, 3.05) is 19.0 Å². The van der Waals surface area contributed by atoms with Gasteiger partial charge in [0.25, 0.3) is 5.91 Å². The Labute approximate surface area is 99.4 Å². The average molecular weight is 234 g/mol. The van der Waals surface area contributed by atoms with Gasteiger partial charge in [0.05, 0.1) is 0 Å². The number of benzene rings is 1. The van der Waals surface area contributed by atoms with E-state index in [0.717, 1.165) is 5.69 Å². The minimum Gasteiger partial charge on any atom is -0.428 e. The second-order valence-corrected chi connectivity index (χ2v) is 4.32. The molecule has 17 heavy (non-hydrogen) atoms. The maximum absolute atomic E-state index is 11.7. The van der Waals surface area contributed by atoms with Crippen LogP contribution in [0, 0.1) is 0 Å². The lowest BCUT2D eigenvalue weighted by Crippen LogP contribution is -2.33. The number of rotatable bonds is 2. The number of carbonyl (C=O) groups excluding carboxylic acids is 2. The molecule has 1 fully saturated rings. The molecule has 0 bridgehead atoms. The van der Waals surface area contributed by atoms with E-state index in [1.54, 1.807) is 19.1 Å². The summed E-state index contributed by atoms with van der Waals surface area (Å²) >= 11 is 0. The van der Waals surface area contributed by atoms with E-state index in [1.165, 1.54) is 0 Å². The maximum Gasteiger partial charge on any atom is 0.415 e. The van der Waals surface area contributed by atoms with Crippen molar-refractivity contribution >= 4 is 17.7 Å². The number of nitrogens with one attached hydrogen (secondary N) is 1. The summed E-state index contributed by atoms with van der Waals surface area (Å²) in [4.78, 5) is 24.7. The third kappa shape index (κ3) is 1.84. The molecule has 5 nitrogen and oxygen atoms in total. The molecule has 1 saturated heterocycles. The fourth-order valence-corrected chi connectivity index (χ4v) is 1.74. The van der Waals surface area contributed by atoms with E-state index < -0.39 is 17.6 Å². The highest BCUT2D eigenvalue weighted by molar-refractivity contribution is 6.03. The minimum atomic E-state index is -1.22. The molecule has 0 aliphatic carbocycles. The lowest BCUT2D eigenvalue weighted by Gasteiger charge is -2.20. The lowest BCUT2D eigenvalue weighted by atomic mass is 9.95. The van der Waals surface area contributed by atoms with Crippen LogP contribution in [-0.2, 0) is 15.1 Å². The summed E-state index contributed by atoms with van der Waals surface area (Å²) in [7, 11) is 3.86. The van der Waals surface area contributed by atoms with Gasteiger partial charge in [0.15, 0.2) is 0 Å². The molecular formula is C12H14N2O3. The predicted molar refractivity (Wildman–Crippen MR) is 62.7 cm³/mol. The van der Waals surface area contributed by atoms with Gasteiger partial charge in [0, 0.05) is 25.3 Å². The Hall–Kier alpha value is -2.04. The number of imide groups is 1. The topological polar surface area (TPSA) is 58.6 Å². The van der Waals surface area contributed by atoms with E-state index >= 15 is 0 Å². The SMILES string of the molecule is CN(C)c1ccc(C2(C)OC(=O)NC2=O)cc1. The van der Waals surface area contributed by atoms with Gasteiger partial charge < -0.3 is 9.64 Å². The molecule has 1 N–H and O–H groups in total. The van der Waals surface area contributed by atoms with E-state index in [-0.39, 0.29) is 0 Å². The smallest absolute Gasteiger partial charge is 0.415 e. The summed E-state index contributed by atoms with van der Waals surface area (Å²) in [5, 5.41) is 2.13. The number of hydrogen-bond acceptors (Lipinski definition) is 4. The first-order valence-corrected chi connectivity index (χ1v) is 5.26. The summed E-state index contributed by atoms with van der Waals surface area (Å²) < 4.78 is 5.03. The van der Waals surface area contributed by atoms with Crippen LogP contribution in [0.5, 0.6) is 0 Å². The Kier molecular flexibility index (Phi) is 2.53. The van der Waals surface area contributed by atoms with Gasteiger partial charge in [-0.25, -0.2) is 4.79 Å². The summed E-state index contributed by atoms with van der Waals surface area (Å²) in [5.74, 6) is -0.430. The Bertz CT molecular complexity index is 467. The van der Waals surface area contributed by atoms with Crippen LogP contribution in [0.2, 0.25) is 0 Å². The predicted octanol–water partition coefficient (Wildman–Crippen LogP) is 1.23. The molecule has 1 aromatic rings. The van der Waals surface area contributed by atoms with Crippen molar-refractivity contribution in [1.29, 1.82) is 0 Å². The molecule has 0 saturated carbocycles. The zero-order valence-corrected chi connectivity index (χ0v) is 9.98. The maximum atomic E-state index is 11.7. The third-order valence-corrected chi connectivity index (χ3v) is 2.88. The number of carbonyl (C=O) groups is 2. The average Bonchev–Trinajstić information content (AvgIpc) is 2.54. The first-order chi connectivity index (χ1) is 7.93. The lowest BCUT2D eigenvalue weighted by molar-refractivity contribution is -0.130. The molecule has 0 radical (unpaired) electrons. The first-order valence-electron chi connectivity index (χ1n) is 5.26. The van der Waals surface area contributed by atoms with Crippen LogP contribution in [0.15, 0.2) is 24.3 Å². The van der Waals surface area contributed by atoms with Gasteiger partial charge in [-0.2, -0.15) is 0 Å². The van der Waals surface area contributed by atoms with Crippen molar-refractivity contribution in [2.24, 2.45) is 0 Å². The zero-order valence-electron chi connectivity index (χ0n) is 9.98. The van der Waals surface area contributed by atoms with Gasteiger partial charge in [-0.3, -0.25) is 10.1 Å². The fraction of sp³-hybridized carbons (Fsp3) is 0.333. The largest absolute Gasteiger partial charge is 0.428 e. The highest BCUT2D eigenvalue weighted by Crippen LogP contribution is 2.30. The monoisotopic (exact) mass is 234 g/mol. The van der Waals surface area contributed by atoms with Gasteiger partial charge in [0.1, 0.15) is 0 Å². The van der Waals surface area contributed by atoms with Crippen molar-refractivity contribution in [1.82, 2.24) is 5.32 Å². The van der Waals surface area contributed by atoms with Crippen molar-refractivity contribution in [2.45, 2.75) is 12.5 Å². The summed E-state index contributed by atoms with van der Waals surface area (Å²) in [6.45, 7) is 1.58. The van der Waals surface area contributed by atoms with Gasteiger partial charge in [-0.1, -0.05) is 12.1 Å². The van der Waals surface area contributed by atoms with Crippen molar-refractivity contribution in [3.8, 4) is 0 Å².